The first-order chi connectivity index (χ1) is 11.9. The molecule has 0 saturated heterocycles. The summed E-state index contributed by atoms with van der Waals surface area (Å²) < 4.78 is 16.1. The zero-order valence-electron chi connectivity index (χ0n) is 14.3. The Labute approximate surface area is 157 Å². The van der Waals surface area contributed by atoms with Gasteiger partial charge in [-0.3, -0.25) is 4.79 Å². The van der Waals surface area contributed by atoms with Crippen LogP contribution in [0.2, 0.25) is 5.02 Å². The summed E-state index contributed by atoms with van der Waals surface area (Å²) >= 11 is 12.3. The average Bonchev–Trinajstić information content (AvgIpc) is 2.62. The van der Waals surface area contributed by atoms with Crippen molar-refractivity contribution >= 4 is 35.1 Å². The molecule has 7 heteroatoms. The molecule has 1 fully saturated rings. The van der Waals surface area contributed by atoms with E-state index in [9.17, 15) is 9.59 Å². The van der Waals surface area contributed by atoms with Gasteiger partial charge in [-0.1, -0.05) is 29.8 Å². The summed E-state index contributed by atoms with van der Waals surface area (Å²) in [4.78, 5) is 25.0. The molecular formula is C18H22Cl2O5. The molecule has 0 aromatic heterocycles. The van der Waals surface area contributed by atoms with E-state index in [1.54, 1.807) is 38.3 Å². The van der Waals surface area contributed by atoms with Crippen LogP contribution >= 0.6 is 23.2 Å². The van der Waals surface area contributed by atoms with Crippen molar-refractivity contribution < 1.29 is 23.8 Å². The summed E-state index contributed by atoms with van der Waals surface area (Å²) in [5.41, 5.74) is -0.878. The minimum Gasteiger partial charge on any atom is -0.463 e. The first-order valence-corrected chi connectivity index (χ1v) is 9.06. The van der Waals surface area contributed by atoms with E-state index in [1.807, 2.05) is 0 Å². The van der Waals surface area contributed by atoms with Gasteiger partial charge in [0.05, 0.1) is 12.7 Å². The lowest BCUT2D eigenvalue weighted by Crippen LogP contribution is -2.48. The Hall–Kier alpha value is -1.30. The molecule has 2 rings (SSSR count). The molecule has 5 nitrogen and oxygen atoms in total. The summed E-state index contributed by atoms with van der Waals surface area (Å²) in [6, 6.07) is 6.77. The smallest absolute Gasteiger partial charge is 0.350 e. The van der Waals surface area contributed by atoms with E-state index in [-0.39, 0.29) is 12.7 Å². The number of carbonyl (C=O) groups excluding carboxylic acids is 2. The van der Waals surface area contributed by atoms with Gasteiger partial charge in [-0.15, -0.1) is 11.6 Å². The Bertz CT molecular complexity index is 611. The van der Waals surface area contributed by atoms with E-state index < -0.39 is 22.9 Å². The third-order valence-electron chi connectivity index (χ3n) is 4.40. The molecule has 0 aliphatic heterocycles. The molecular weight excluding hydrogens is 367 g/mol. The first-order valence-electron chi connectivity index (χ1n) is 8.25. The van der Waals surface area contributed by atoms with Crippen LogP contribution < -0.4 is 0 Å². The first kappa shape index (κ1) is 20.0. The van der Waals surface area contributed by atoms with Crippen molar-refractivity contribution in [1.29, 1.82) is 0 Å². The van der Waals surface area contributed by atoms with E-state index in [4.69, 9.17) is 37.4 Å². The molecule has 1 unspecified atom stereocenters. The highest BCUT2D eigenvalue weighted by Gasteiger charge is 2.47. The van der Waals surface area contributed by atoms with Crippen LogP contribution in [0.25, 0.3) is 0 Å². The van der Waals surface area contributed by atoms with Crippen molar-refractivity contribution in [2.75, 3.05) is 13.7 Å². The summed E-state index contributed by atoms with van der Waals surface area (Å²) in [6.07, 6.45) is 1.91. The maximum absolute atomic E-state index is 12.6. The summed E-state index contributed by atoms with van der Waals surface area (Å²) in [6.45, 7) is 1.92. The van der Waals surface area contributed by atoms with Gasteiger partial charge in [0, 0.05) is 25.0 Å². The van der Waals surface area contributed by atoms with Crippen LogP contribution in [0, 0.1) is 0 Å². The predicted molar refractivity (Wildman–Crippen MR) is 94.8 cm³/mol. The maximum Gasteiger partial charge on any atom is 0.350 e. The van der Waals surface area contributed by atoms with Crippen LogP contribution in [0.3, 0.4) is 0 Å². The Morgan fingerprint density at radius 3 is 2.48 bits per heavy atom. The number of hydrogen-bond acceptors (Lipinski definition) is 5. The lowest BCUT2D eigenvalue weighted by molar-refractivity contribution is -0.189. The highest BCUT2D eigenvalue weighted by molar-refractivity contribution is 6.35. The number of benzene rings is 1. The minimum atomic E-state index is -1.32. The molecule has 0 amide bonds. The summed E-state index contributed by atoms with van der Waals surface area (Å²) in [5.74, 6) is -1.25. The van der Waals surface area contributed by atoms with E-state index in [0.717, 1.165) is 0 Å². The lowest BCUT2D eigenvalue weighted by Gasteiger charge is -2.37. The van der Waals surface area contributed by atoms with E-state index in [1.165, 1.54) is 0 Å². The van der Waals surface area contributed by atoms with Gasteiger partial charge < -0.3 is 14.2 Å². The number of methoxy groups -OCH3 is 1. The monoisotopic (exact) mass is 388 g/mol. The Morgan fingerprint density at radius 2 is 1.92 bits per heavy atom. The van der Waals surface area contributed by atoms with Gasteiger partial charge in [0.25, 0.3) is 0 Å². The number of hydrogen-bond donors (Lipinski definition) is 0. The standard InChI is InChI=1S/C18H22Cl2O5/c1-3-24-17(22)18(10-8-12(23-2)9-11-18)25-16(21)15(20)13-6-4-5-7-14(13)19/h4-7,12,15H,3,8-11H2,1-2H3. The highest BCUT2D eigenvalue weighted by Crippen LogP contribution is 2.37. The van der Waals surface area contributed by atoms with Crippen LogP contribution in [-0.2, 0) is 23.8 Å². The molecule has 138 valence electrons. The van der Waals surface area contributed by atoms with Gasteiger partial charge in [0.2, 0.25) is 5.60 Å². The van der Waals surface area contributed by atoms with Crippen molar-refractivity contribution in [3.8, 4) is 0 Å². The lowest BCUT2D eigenvalue weighted by atomic mass is 9.83. The molecule has 1 aromatic rings. The van der Waals surface area contributed by atoms with Gasteiger partial charge in [0.1, 0.15) is 0 Å². The van der Waals surface area contributed by atoms with Crippen LogP contribution in [0.15, 0.2) is 24.3 Å². The van der Waals surface area contributed by atoms with E-state index in [2.05, 4.69) is 0 Å². The normalized spacial score (nSPS) is 24.4. The zero-order chi connectivity index (χ0) is 18.4. The number of halogens is 2. The molecule has 25 heavy (non-hydrogen) atoms. The van der Waals surface area contributed by atoms with Crippen molar-refractivity contribution in [3.05, 3.63) is 34.9 Å². The van der Waals surface area contributed by atoms with Crippen molar-refractivity contribution in [2.24, 2.45) is 0 Å². The zero-order valence-corrected chi connectivity index (χ0v) is 15.8. The van der Waals surface area contributed by atoms with Crippen LogP contribution in [0.5, 0.6) is 0 Å². The topological polar surface area (TPSA) is 61.8 Å². The third-order valence-corrected chi connectivity index (χ3v) is 5.16. The predicted octanol–water partition coefficient (Wildman–Crippen LogP) is 4.05. The van der Waals surface area contributed by atoms with Crippen LogP contribution in [0.4, 0.5) is 0 Å². The second-order valence-corrected chi connectivity index (χ2v) is 6.80. The molecule has 1 aliphatic carbocycles. The number of ether oxygens (including phenoxy) is 3. The quantitative estimate of drug-likeness (QED) is 0.543. The van der Waals surface area contributed by atoms with Gasteiger partial charge in [-0.2, -0.15) is 0 Å². The number of carbonyl (C=O) groups is 2. The Balaban J connectivity index is 2.17. The van der Waals surface area contributed by atoms with E-state index >= 15 is 0 Å². The minimum absolute atomic E-state index is 0.0385. The molecule has 0 heterocycles. The van der Waals surface area contributed by atoms with Crippen molar-refractivity contribution in [2.45, 2.75) is 49.7 Å². The summed E-state index contributed by atoms with van der Waals surface area (Å²) in [7, 11) is 1.63. The third kappa shape index (κ3) is 4.66. The van der Waals surface area contributed by atoms with Gasteiger partial charge >= 0.3 is 11.9 Å². The van der Waals surface area contributed by atoms with Gasteiger partial charge in [-0.25, -0.2) is 4.79 Å². The van der Waals surface area contributed by atoms with Gasteiger partial charge in [0.15, 0.2) is 5.38 Å². The molecule has 1 aliphatic rings. The van der Waals surface area contributed by atoms with Crippen molar-refractivity contribution in [3.63, 3.8) is 0 Å². The number of rotatable bonds is 6. The maximum atomic E-state index is 12.6. The summed E-state index contributed by atoms with van der Waals surface area (Å²) in [5, 5.41) is -0.729. The highest BCUT2D eigenvalue weighted by atomic mass is 35.5. The Kier molecular flexibility index (Phi) is 7.11. The van der Waals surface area contributed by atoms with Crippen LogP contribution in [0.1, 0.15) is 43.5 Å². The number of alkyl halides is 1. The second-order valence-electron chi connectivity index (χ2n) is 5.95. The van der Waals surface area contributed by atoms with Crippen molar-refractivity contribution in [1.82, 2.24) is 0 Å². The average molecular weight is 389 g/mol. The molecule has 1 aromatic carbocycles. The molecule has 0 N–H and O–H groups in total. The van der Waals surface area contributed by atoms with Crippen LogP contribution in [-0.4, -0.2) is 37.4 Å². The van der Waals surface area contributed by atoms with E-state index in [0.29, 0.717) is 36.3 Å². The fourth-order valence-electron chi connectivity index (χ4n) is 2.96. The molecule has 0 radical (unpaired) electrons. The molecule has 1 atom stereocenters. The largest absolute Gasteiger partial charge is 0.463 e. The fourth-order valence-corrected chi connectivity index (χ4v) is 3.49. The Morgan fingerprint density at radius 1 is 1.28 bits per heavy atom. The molecule has 0 bridgehead atoms. The van der Waals surface area contributed by atoms with Gasteiger partial charge in [-0.05, 0) is 31.4 Å². The second kappa shape index (κ2) is 8.88. The molecule has 1 saturated carbocycles. The number of esters is 2. The SMILES string of the molecule is CCOC(=O)C1(OC(=O)C(Cl)c2ccccc2Cl)CCC(OC)CC1. The fraction of sp³-hybridized carbons (Fsp3) is 0.556. The molecule has 0 spiro atoms.